The first-order chi connectivity index (χ1) is 16.5. The molecule has 0 saturated heterocycles. The molecule has 0 spiro atoms. The van der Waals surface area contributed by atoms with Crippen molar-refractivity contribution in [3.05, 3.63) is 108 Å². The van der Waals surface area contributed by atoms with Crippen LogP contribution in [0.1, 0.15) is 25.0 Å². The highest BCUT2D eigenvalue weighted by Gasteiger charge is 2.35. The molecule has 4 nitrogen and oxygen atoms in total. The zero-order valence-electron chi connectivity index (χ0n) is 19.2. The number of benzene rings is 4. The smallest absolute Gasteiger partial charge is 0.164 e. The molecule has 0 bridgehead atoms. The van der Waals surface area contributed by atoms with Gasteiger partial charge in [-0.2, -0.15) is 0 Å². The minimum absolute atomic E-state index is 0.159. The monoisotopic (exact) mass is 440 g/mol. The van der Waals surface area contributed by atoms with E-state index in [1.165, 1.54) is 22.3 Å². The summed E-state index contributed by atoms with van der Waals surface area (Å²) in [5.41, 5.74) is 14.7. The van der Waals surface area contributed by atoms with Gasteiger partial charge in [0.05, 0.1) is 0 Å². The minimum atomic E-state index is -0.159. The van der Waals surface area contributed by atoms with Crippen molar-refractivity contribution in [2.24, 2.45) is 0 Å². The van der Waals surface area contributed by atoms with Crippen LogP contribution in [-0.4, -0.2) is 15.0 Å². The van der Waals surface area contributed by atoms with E-state index >= 15 is 0 Å². The lowest BCUT2D eigenvalue weighted by Gasteiger charge is -2.22. The van der Waals surface area contributed by atoms with E-state index in [2.05, 4.69) is 44.2 Å². The minimum Gasteiger partial charge on any atom is -0.399 e. The summed E-state index contributed by atoms with van der Waals surface area (Å²) in [6, 6.07) is 32.8. The third-order valence-corrected chi connectivity index (χ3v) is 6.66. The first-order valence-corrected chi connectivity index (χ1v) is 11.4. The van der Waals surface area contributed by atoms with Gasteiger partial charge in [-0.3, -0.25) is 0 Å². The number of anilines is 1. The van der Waals surface area contributed by atoms with E-state index in [0.29, 0.717) is 17.5 Å². The maximum absolute atomic E-state index is 6.12. The summed E-state index contributed by atoms with van der Waals surface area (Å²) in [7, 11) is 0. The highest BCUT2D eigenvalue weighted by molar-refractivity contribution is 5.84. The SMILES string of the molecule is CC1(C)c2cc(N)ccc2-c2ccc(-c3nc(-c4ccccc4)nc(-c4ccccc4)n3)cc21. The Morgan fingerprint density at radius 3 is 1.56 bits per heavy atom. The van der Waals surface area contributed by atoms with Crippen LogP contribution in [0.3, 0.4) is 0 Å². The van der Waals surface area contributed by atoms with Crippen molar-refractivity contribution in [2.75, 3.05) is 5.73 Å². The maximum atomic E-state index is 6.12. The zero-order chi connectivity index (χ0) is 23.3. The van der Waals surface area contributed by atoms with Crippen LogP contribution in [0.5, 0.6) is 0 Å². The third kappa shape index (κ3) is 3.27. The first-order valence-electron chi connectivity index (χ1n) is 11.4. The Balaban J connectivity index is 1.53. The fraction of sp³-hybridized carbons (Fsp3) is 0.100. The molecule has 0 radical (unpaired) electrons. The Morgan fingerprint density at radius 1 is 0.529 bits per heavy atom. The van der Waals surface area contributed by atoms with Crippen molar-refractivity contribution in [3.8, 4) is 45.3 Å². The Kier molecular flexibility index (Phi) is 4.56. The molecule has 2 N–H and O–H groups in total. The van der Waals surface area contributed by atoms with Crippen LogP contribution in [0.25, 0.3) is 45.3 Å². The van der Waals surface area contributed by atoms with Gasteiger partial charge in [0.15, 0.2) is 17.5 Å². The molecule has 1 aliphatic rings. The van der Waals surface area contributed by atoms with Crippen LogP contribution < -0.4 is 5.73 Å². The third-order valence-electron chi connectivity index (χ3n) is 6.66. The second-order valence-corrected chi connectivity index (χ2v) is 9.23. The van der Waals surface area contributed by atoms with Gasteiger partial charge in [0.2, 0.25) is 0 Å². The van der Waals surface area contributed by atoms with Crippen molar-refractivity contribution in [2.45, 2.75) is 19.3 Å². The molecule has 1 aliphatic carbocycles. The summed E-state index contributed by atoms with van der Waals surface area (Å²) in [6.07, 6.45) is 0. The number of rotatable bonds is 3. The van der Waals surface area contributed by atoms with Gasteiger partial charge >= 0.3 is 0 Å². The number of nitrogens with zero attached hydrogens (tertiary/aromatic N) is 3. The summed E-state index contributed by atoms with van der Waals surface area (Å²) in [4.78, 5) is 14.6. The van der Waals surface area contributed by atoms with Gasteiger partial charge in [0, 0.05) is 27.8 Å². The van der Waals surface area contributed by atoms with Crippen LogP contribution >= 0.6 is 0 Å². The predicted octanol–water partition coefficient (Wildman–Crippen LogP) is 6.76. The van der Waals surface area contributed by atoms with Crippen LogP contribution in [0.2, 0.25) is 0 Å². The maximum Gasteiger partial charge on any atom is 0.164 e. The zero-order valence-corrected chi connectivity index (χ0v) is 19.2. The lowest BCUT2D eigenvalue weighted by atomic mass is 9.82. The lowest BCUT2D eigenvalue weighted by molar-refractivity contribution is 0.661. The quantitative estimate of drug-likeness (QED) is 0.315. The molecule has 164 valence electrons. The molecule has 5 aromatic rings. The van der Waals surface area contributed by atoms with Gasteiger partial charge in [0.25, 0.3) is 0 Å². The topological polar surface area (TPSA) is 64.7 Å². The summed E-state index contributed by atoms with van der Waals surface area (Å²) >= 11 is 0. The lowest BCUT2D eigenvalue weighted by Crippen LogP contribution is -2.15. The van der Waals surface area contributed by atoms with Crippen molar-refractivity contribution < 1.29 is 0 Å². The predicted molar refractivity (Wildman–Crippen MR) is 138 cm³/mol. The standard InChI is InChI=1S/C30H24N4/c1-30(2)25-17-21(13-15-23(25)24-16-14-22(31)18-26(24)30)29-33-27(19-9-5-3-6-10-19)32-28(34-29)20-11-7-4-8-12-20/h3-18H,31H2,1-2H3. The average Bonchev–Trinajstić information content (AvgIpc) is 3.10. The van der Waals surface area contributed by atoms with Crippen LogP contribution in [0.4, 0.5) is 5.69 Å². The average molecular weight is 441 g/mol. The Bertz CT molecular complexity index is 1470. The summed E-state index contributed by atoms with van der Waals surface area (Å²) in [6.45, 7) is 4.50. The van der Waals surface area contributed by atoms with Gasteiger partial charge in [0.1, 0.15) is 0 Å². The molecule has 34 heavy (non-hydrogen) atoms. The summed E-state index contributed by atoms with van der Waals surface area (Å²) < 4.78 is 0. The number of fused-ring (bicyclic) bond motifs is 3. The van der Waals surface area contributed by atoms with Gasteiger partial charge in [-0.25, -0.2) is 15.0 Å². The number of nitrogen functional groups attached to an aromatic ring is 1. The van der Waals surface area contributed by atoms with Crippen LogP contribution in [-0.2, 0) is 5.41 Å². The molecule has 0 unspecified atom stereocenters. The van der Waals surface area contributed by atoms with Gasteiger partial charge < -0.3 is 5.73 Å². The van der Waals surface area contributed by atoms with E-state index in [0.717, 1.165) is 22.4 Å². The Morgan fingerprint density at radius 2 is 1.00 bits per heavy atom. The molecule has 0 atom stereocenters. The van der Waals surface area contributed by atoms with Crippen molar-refractivity contribution in [1.82, 2.24) is 15.0 Å². The normalized spacial score (nSPS) is 13.4. The molecular formula is C30H24N4. The fourth-order valence-electron chi connectivity index (χ4n) is 4.83. The highest BCUT2D eigenvalue weighted by Crippen LogP contribution is 2.50. The summed E-state index contributed by atoms with van der Waals surface area (Å²) in [5.74, 6) is 2.00. The van der Waals surface area contributed by atoms with E-state index in [1.54, 1.807) is 0 Å². The molecule has 4 heteroatoms. The van der Waals surface area contributed by atoms with E-state index in [4.69, 9.17) is 20.7 Å². The van der Waals surface area contributed by atoms with E-state index in [-0.39, 0.29) is 5.41 Å². The Labute approximate surface area is 199 Å². The van der Waals surface area contributed by atoms with Crippen LogP contribution in [0, 0.1) is 0 Å². The van der Waals surface area contributed by atoms with E-state index in [9.17, 15) is 0 Å². The molecular weight excluding hydrogens is 416 g/mol. The molecule has 6 rings (SSSR count). The van der Waals surface area contributed by atoms with E-state index < -0.39 is 0 Å². The number of hydrogen-bond donors (Lipinski definition) is 1. The molecule has 4 aromatic carbocycles. The van der Waals surface area contributed by atoms with Gasteiger partial charge in [-0.15, -0.1) is 0 Å². The van der Waals surface area contributed by atoms with Crippen molar-refractivity contribution in [3.63, 3.8) is 0 Å². The molecule has 0 amide bonds. The van der Waals surface area contributed by atoms with Crippen molar-refractivity contribution in [1.29, 1.82) is 0 Å². The first kappa shape index (κ1) is 20.3. The number of hydrogen-bond acceptors (Lipinski definition) is 4. The van der Waals surface area contributed by atoms with Crippen molar-refractivity contribution >= 4 is 5.69 Å². The molecule has 0 saturated carbocycles. The van der Waals surface area contributed by atoms with Gasteiger partial charge in [-0.05, 0) is 40.5 Å². The largest absolute Gasteiger partial charge is 0.399 e. The number of aromatic nitrogens is 3. The Hall–Kier alpha value is -4.31. The second-order valence-electron chi connectivity index (χ2n) is 9.23. The molecule has 1 aromatic heterocycles. The number of nitrogens with two attached hydrogens (primary N) is 1. The second kappa shape index (κ2) is 7.63. The van der Waals surface area contributed by atoms with Crippen LogP contribution in [0.15, 0.2) is 97.1 Å². The molecule has 1 heterocycles. The molecule has 0 fully saturated rings. The van der Waals surface area contributed by atoms with Gasteiger partial charge in [-0.1, -0.05) is 92.7 Å². The highest BCUT2D eigenvalue weighted by atomic mass is 15.0. The van der Waals surface area contributed by atoms with E-state index in [1.807, 2.05) is 66.7 Å². The molecule has 0 aliphatic heterocycles. The fourth-order valence-corrected chi connectivity index (χ4v) is 4.83. The summed E-state index contributed by atoms with van der Waals surface area (Å²) in [5, 5.41) is 0.